The molecule has 0 aliphatic rings. The second-order valence-corrected chi connectivity index (χ2v) is 6.17. The number of thiazole rings is 1. The monoisotopic (exact) mass is 310 g/mol. The number of halogens is 2. The number of rotatable bonds is 6. The van der Waals surface area contributed by atoms with E-state index in [-0.39, 0.29) is 5.56 Å². The molecule has 2 aromatic rings. The van der Waals surface area contributed by atoms with Crippen LogP contribution in [0.15, 0.2) is 18.2 Å². The summed E-state index contributed by atoms with van der Waals surface area (Å²) in [5, 5.41) is 3.94. The van der Waals surface area contributed by atoms with Gasteiger partial charge in [-0.25, -0.2) is 13.8 Å². The highest BCUT2D eigenvalue weighted by Crippen LogP contribution is 2.31. The van der Waals surface area contributed by atoms with Crippen LogP contribution in [0.25, 0.3) is 0 Å². The first-order valence-corrected chi connectivity index (χ1v) is 8.03. The van der Waals surface area contributed by atoms with Crippen molar-refractivity contribution < 1.29 is 8.78 Å². The molecule has 2 rings (SSSR count). The van der Waals surface area contributed by atoms with E-state index in [4.69, 9.17) is 0 Å². The van der Waals surface area contributed by atoms with Crippen LogP contribution in [0.1, 0.15) is 47.5 Å². The molecule has 1 heterocycles. The van der Waals surface area contributed by atoms with Crippen LogP contribution in [0.5, 0.6) is 0 Å². The topological polar surface area (TPSA) is 24.9 Å². The van der Waals surface area contributed by atoms with Gasteiger partial charge in [-0.05, 0) is 38.4 Å². The van der Waals surface area contributed by atoms with Gasteiger partial charge in [0, 0.05) is 10.4 Å². The first-order chi connectivity index (χ1) is 10.1. The molecular weight excluding hydrogens is 290 g/mol. The molecule has 0 radical (unpaired) electrons. The van der Waals surface area contributed by atoms with E-state index in [1.165, 1.54) is 29.5 Å². The van der Waals surface area contributed by atoms with Gasteiger partial charge in [-0.2, -0.15) is 0 Å². The molecule has 0 saturated heterocycles. The van der Waals surface area contributed by atoms with E-state index in [1.54, 1.807) is 0 Å². The molecule has 1 N–H and O–H groups in total. The number of nitrogens with zero attached hydrogens (tertiary/aromatic N) is 1. The van der Waals surface area contributed by atoms with Crippen molar-refractivity contribution in [3.05, 3.63) is 51.0 Å². The highest BCUT2D eigenvalue weighted by molar-refractivity contribution is 7.11. The molecule has 0 bridgehead atoms. The van der Waals surface area contributed by atoms with Gasteiger partial charge in [-0.15, -0.1) is 11.3 Å². The molecule has 0 amide bonds. The van der Waals surface area contributed by atoms with Gasteiger partial charge in [0.1, 0.15) is 16.6 Å². The third kappa shape index (κ3) is 3.47. The molecule has 1 aromatic carbocycles. The lowest BCUT2D eigenvalue weighted by Crippen LogP contribution is -2.25. The van der Waals surface area contributed by atoms with Gasteiger partial charge in [0.05, 0.1) is 11.7 Å². The number of aromatic nitrogens is 1. The van der Waals surface area contributed by atoms with Crippen molar-refractivity contribution in [3.63, 3.8) is 0 Å². The van der Waals surface area contributed by atoms with Gasteiger partial charge < -0.3 is 5.32 Å². The molecule has 114 valence electrons. The van der Waals surface area contributed by atoms with E-state index in [2.05, 4.69) is 10.3 Å². The minimum Gasteiger partial charge on any atom is -0.304 e. The standard InChI is InChI=1S/C16H20F2N2S/c1-4-9-19-15(14-11(17)7-6-8-12(14)18)16-20-13(5-2)10(3)21-16/h6-8,15,19H,4-5,9H2,1-3H3. The Balaban J connectivity index is 2.47. The van der Waals surface area contributed by atoms with Crippen molar-refractivity contribution in [2.24, 2.45) is 0 Å². The molecule has 1 atom stereocenters. The third-order valence-corrected chi connectivity index (χ3v) is 4.46. The highest BCUT2D eigenvalue weighted by atomic mass is 32.1. The predicted molar refractivity (Wildman–Crippen MR) is 82.7 cm³/mol. The minimum atomic E-state index is -0.533. The number of benzene rings is 1. The fraction of sp³-hybridized carbons (Fsp3) is 0.438. The van der Waals surface area contributed by atoms with Crippen LogP contribution in [0, 0.1) is 18.6 Å². The Morgan fingerprint density at radius 1 is 1.24 bits per heavy atom. The fourth-order valence-corrected chi connectivity index (χ4v) is 3.39. The summed E-state index contributed by atoms with van der Waals surface area (Å²) in [5.41, 5.74) is 1.05. The summed E-state index contributed by atoms with van der Waals surface area (Å²) in [7, 11) is 0. The molecule has 2 nitrogen and oxygen atoms in total. The summed E-state index contributed by atoms with van der Waals surface area (Å²) in [5.74, 6) is -1.07. The van der Waals surface area contributed by atoms with Crippen molar-refractivity contribution in [2.45, 2.75) is 39.7 Å². The molecule has 0 fully saturated rings. The van der Waals surface area contributed by atoms with Gasteiger partial charge in [0.25, 0.3) is 0 Å². The summed E-state index contributed by atoms with van der Waals surface area (Å²) >= 11 is 1.50. The Morgan fingerprint density at radius 2 is 1.90 bits per heavy atom. The van der Waals surface area contributed by atoms with E-state index in [1.807, 2.05) is 20.8 Å². The number of hydrogen-bond donors (Lipinski definition) is 1. The van der Waals surface area contributed by atoms with E-state index in [0.717, 1.165) is 28.4 Å². The van der Waals surface area contributed by atoms with Crippen LogP contribution in [0.2, 0.25) is 0 Å². The normalized spacial score (nSPS) is 12.6. The van der Waals surface area contributed by atoms with Crippen molar-refractivity contribution in [2.75, 3.05) is 6.54 Å². The third-order valence-electron chi connectivity index (χ3n) is 3.38. The number of hydrogen-bond acceptors (Lipinski definition) is 3. The van der Waals surface area contributed by atoms with Crippen LogP contribution in [0.4, 0.5) is 8.78 Å². The zero-order valence-electron chi connectivity index (χ0n) is 12.5. The molecule has 0 aliphatic carbocycles. The van der Waals surface area contributed by atoms with Crippen LogP contribution < -0.4 is 5.32 Å². The average molecular weight is 310 g/mol. The van der Waals surface area contributed by atoms with Gasteiger partial charge in [0.15, 0.2) is 0 Å². The van der Waals surface area contributed by atoms with Crippen molar-refractivity contribution in [3.8, 4) is 0 Å². The molecule has 21 heavy (non-hydrogen) atoms. The predicted octanol–water partition coefficient (Wildman–Crippen LogP) is 4.38. The van der Waals surface area contributed by atoms with E-state index in [0.29, 0.717) is 6.54 Å². The molecule has 0 aliphatic heterocycles. The summed E-state index contributed by atoms with van der Waals surface area (Å²) in [6.07, 6.45) is 1.71. The Bertz CT molecular complexity index is 590. The first kappa shape index (κ1) is 16.0. The van der Waals surface area contributed by atoms with Crippen LogP contribution in [0.3, 0.4) is 0 Å². The van der Waals surface area contributed by atoms with Crippen LogP contribution >= 0.6 is 11.3 Å². The largest absolute Gasteiger partial charge is 0.304 e. The van der Waals surface area contributed by atoms with Gasteiger partial charge in [0.2, 0.25) is 0 Å². The second-order valence-electron chi connectivity index (χ2n) is 4.93. The lowest BCUT2D eigenvalue weighted by atomic mass is 10.1. The average Bonchev–Trinajstić information content (AvgIpc) is 2.83. The quantitative estimate of drug-likeness (QED) is 0.856. The second kappa shape index (κ2) is 7.09. The molecule has 0 saturated carbocycles. The maximum absolute atomic E-state index is 14.1. The Labute approximate surface area is 128 Å². The summed E-state index contributed by atoms with van der Waals surface area (Å²) in [4.78, 5) is 5.67. The maximum Gasteiger partial charge on any atom is 0.131 e. The Kier molecular flexibility index (Phi) is 5.42. The van der Waals surface area contributed by atoms with Crippen molar-refractivity contribution in [1.29, 1.82) is 0 Å². The molecule has 1 aromatic heterocycles. The molecule has 1 unspecified atom stereocenters. The maximum atomic E-state index is 14.1. The first-order valence-electron chi connectivity index (χ1n) is 7.21. The molecular formula is C16H20F2N2S. The molecule has 0 spiro atoms. The van der Waals surface area contributed by atoms with E-state index in [9.17, 15) is 8.78 Å². The van der Waals surface area contributed by atoms with E-state index >= 15 is 0 Å². The zero-order valence-corrected chi connectivity index (χ0v) is 13.4. The van der Waals surface area contributed by atoms with Crippen molar-refractivity contribution >= 4 is 11.3 Å². The smallest absolute Gasteiger partial charge is 0.131 e. The van der Waals surface area contributed by atoms with Crippen LogP contribution in [-0.2, 0) is 6.42 Å². The SMILES string of the molecule is CCCNC(c1nc(CC)c(C)s1)c1c(F)cccc1F. The minimum absolute atomic E-state index is 0.0577. The van der Waals surface area contributed by atoms with Crippen molar-refractivity contribution in [1.82, 2.24) is 10.3 Å². The summed E-state index contributed by atoms with van der Waals surface area (Å²) in [6, 6.07) is 3.44. The number of aryl methyl sites for hydroxylation is 2. The lowest BCUT2D eigenvalue weighted by molar-refractivity contribution is 0.501. The Hall–Kier alpha value is -1.33. The fourth-order valence-electron chi connectivity index (χ4n) is 2.29. The number of nitrogens with one attached hydrogen (secondary N) is 1. The van der Waals surface area contributed by atoms with Gasteiger partial charge in [-0.3, -0.25) is 0 Å². The molecule has 5 heteroatoms. The zero-order chi connectivity index (χ0) is 15.4. The summed E-state index contributed by atoms with van der Waals surface area (Å²) in [6.45, 7) is 6.73. The van der Waals surface area contributed by atoms with Gasteiger partial charge >= 0.3 is 0 Å². The van der Waals surface area contributed by atoms with E-state index < -0.39 is 17.7 Å². The van der Waals surface area contributed by atoms with Crippen LogP contribution in [-0.4, -0.2) is 11.5 Å². The highest BCUT2D eigenvalue weighted by Gasteiger charge is 2.24. The lowest BCUT2D eigenvalue weighted by Gasteiger charge is -2.18. The van der Waals surface area contributed by atoms with Gasteiger partial charge in [-0.1, -0.05) is 19.9 Å². The summed E-state index contributed by atoms with van der Waals surface area (Å²) < 4.78 is 28.2. The Morgan fingerprint density at radius 3 is 2.43 bits per heavy atom.